The zero-order valence-corrected chi connectivity index (χ0v) is 12.5. The van der Waals surface area contributed by atoms with Gasteiger partial charge in [-0.1, -0.05) is 30.3 Å². The number of nitrogens with zero attached hydrogens (tertiary/aromatic N) is 1. The van der Waals surface area contributed by atoms with Crippen molar-refractivity contribution in [1.29, 1.82) is 0 Å². The van der Waals surface area contributed by atoms with E-state index in [2.05, 4.69) is 10.4 Å². The fraction of sp³-hybridized carbons (Fsp3) is 0.154. The molecule has 0 saturated heterocycles. The Morgan fingerprint density at radius 2 is 1.90 bits per heavy atom. The van der Waals surface area contributed by atoms with Gasteiger partial charge in [0, 0.05) is 20.3 Å². The van der Waals surface area contributed by atoms with Gasteiger partial charge in [0.2, 0.25) is 17.2 Å². The lowest BCUT2D eigenvalue weighted by Crippen LogP contribution is -2.18. The second-order valence-electron chi connectivity index (χ2n) is 3.96. The van der Waals surface area contributed by atoms with Crippen molar-refractivity contribution < 1.29 is 18.0 Å². The Labute approximate surface area is 122 Å². The Kier molecular flexibility index (Phi) is 4.93. The Morgan fingerprint density at radius 1 is 1.24 bits per heavy atom. The largest absolute Gasteiger partial charge is 0.419 e. The smallest absolute Gasteiger partial charge is 0.384 e. The van der Waals surface area contributed by atoms with Crippen LogP contribution in [0.25, 0.3) is 12.2 Å². The van der Waals surface area contributed by atoms with Crippen LogP contribution in [0.2, 0.25) is 0 Å². The number of nitrogen functional groups attached to an aromatic ring is 1. The second-order valence-corrected chi connectivity index (χ2v) is 6.10. The molecule has 0 radical (unpaired) electrons. The molecular formula is C13H16N3O4P. The summed E-state index contributed by atoms with van der Waals surface area (Å²) in [6, 6.07) is 9.61. The van der Waals surface area contributed by atoms with Crippen LogP contribution in [-0.4, -0.2) is 19.2 Å². The molecule has 7 nitrogen and oxygen atoms in total. The van der Waals surface area contributed by atoms with Crippen molar-refractivity contribution in [2.75, 3.05) is 19.6 Å². The molecule has 2 rings (SSSR count). The van der Waals surface area contributed by atoms with Crippen LogP contribution in [0.1, 0.15) is 11.5 Å². The lowest BCUT2D eigenvalue weighted by Gasteiger charge is -2.10. The van der Waals surface area contributed by atoms with Gasteiger partial charge in [0.25, 0.3) is 0 Å². The van der Waals surface area contributed by atoms with Crippen molar-refractivity contribution >= 4 is 31.1 Å². The Balaban J connectivity index is 2.33. The van der Waals surface area contributed by atoms with Gasteiger partial charge >= 0.3 is 7.60 Å². The van der Waals surface area contributed by atoms with E-state index in [1.165, 1.54) is 14.2 Å². The molecule has 1 aromatic carbocycles. The molecule has 0 spiro atoms. The summed E-state index contributed by atoms with van der Waals surface area (Å²) in [5.74, 6) is 5.61. The number of benzene rings is 1. The summed E-state index contributed by atoms with van der Waals surface area (Å²) in [5.41, 5.74) is 3.27. The lowest BCUT2D eigenvalue weighted by molar-refractivity contribution is 0.286. The molecule has 0 bridgehead atoms. The SMILES string of the molecule is COP(=O)(OC)c1nc(C=Cc2ccccc2)oc1NN. The Morgan fingerprint density at radius 3 is 2.48 bits per heavy atom. The van der Waals surface area contributed by atoms with Crippen LogP contribution in [0.5, 0.6) is 0 Å². The topological polar surface area (TPSA) is 99.6 Å². The van der Waals surface area contributed by atoms with Crippen molar-refractivity contribution in [3.63, 3.8) is 0 Å². The third kappa shape index (κ3) is 3.40. The molecule has 1 aromatic heterocycles. The van der Waals surface area contributed by atoms with E-state index in [1.54, 1.807) is 12.2 Å². The second kappa shape index (κ2) is 6.69. The van der Waals surface area contributed by atoms with Crippen LogP contribution in [0, 0.1) is 0 Å². The van der Waals surface area contributed by atoms with Gasteiger partial charge in [-0.15, -0.1) is 0 Å². The molecule has 8 heteroatoms. The van der Waals surface area contributed by atoms with Crippen molar-refractivity contribution in [2.24, 2.45) is 5.84 Å². The van der Waals surface area contributed by atoms with E-state index in [0.29, 0.717) is 0 Å². The van der Waals surface area contributed by atoms with Crippen LogP contribution in [0.3, 0.4) is 0 Å². The number of nitrogens with one attached hydrogen (secondary N) is 1. The van der Waals surface area contributed by atoms with E-state index in [9.17, 15) is 4.57 Å². The van der Waals surface area contributed by atoms with E-state index in [4.69, 9.17) is 19.3 Å². The first-order valence-corrected chi connectivity index (χ1v) is 7.60. The molecule has 0 aliphatic heterocycles. The molecule has 0 saturated carbocycles. The monoisotopic (exact) mass is 309 g/mol. The van der Waals surface area contributed by atoms with Crippen LogP contribution in [0.4, 0.5) is 5.88 Å². The minimum Gasteiger partial charge on any atom is -0.419 e. The number of hydrogen-bond acceptors (Lipinski definition) is 7. The highest BCUT2D eigenvalue weighted by molar-refractivity contribution is 7.62. The third-order valence-electron chi connectivity index (χ3n) is 2.71. The molecule has 0 aliphatic carbocycles. The molecule has 0 amide bonds. The molecular weight excluding hydrogens is 293 g/mol. The highest BCUT2D eigenvalue weighted by atomic mass is 31.2. The quantitative estimate of drug-likeness (QED) is 0.479. The molecule has 0 atom stereocenters. The lowest BCUT2D eigenvalue weighted by atomic mass is 10.2. The van der Waals surface area contributed by atoms with Crippen molar-refractivity contribution in [1.82, 2.24) is 4.98 Å². The number of hydrazine groups is 1. The summed E-state index contributed by atoms with van der Waals surface area (Å²) in [6.45, 7) is 0. The minimum atomic E-state index is -3.54. The van der Waals surface area contributed by atoms with E-state index in [1.807, 2.05) is 30.3 Å². The van der Waals surface area contributed by atoms with E-state index >= 15 is 0 Å². The van der Waals surface area contributed by atoms with Crippen molar-refractivity contribution in [2.45, 2.75) is 0 Å². The molecule has 0 aliphatic rings. The number of oxazole rings is 1. The first-order chi connectivity index (χ1) is 10.1. The fourth-order valence-corrected chi connectivity index (χ4v) is 2.73. The molecule has 112 valence electrons. The van der Waals surface area contributed by atoms with Crippen molar-refractivity contribution in [3.8, 4) is 0 Å². The van der Waals surface area contributed by atoms with Gasteiger partial charge in [-0.2, -0.15) is 4.98 Å². The molecule has 3 N–H and O–H groups in total. The summed E-state index contributed by atoms with van der Waals surface area (Å²) >= 11 is 0. The number of nitrogens with two attached hydrogens (primary N) is 1. The molecule has 21 heavy (non-hydrogen) atoms. The summed E-state index contributed by atoms with van der Waals surface area (Å²) in [4.78, 5) is 4.10. The fourth-order valence-electron chi connectivity index (χ4n) is 1.66. The maximum Gasteiger partial charge on any atom is 0.384 e. The summed E-state index contributed by atoms with van der Waals surface area (Å²) in [7, 11) is -1.02. The van der Waals surface area contributed by atoms with E-state index < -0.39 is 7.60 Å². The maximum absolute atomic E-state index is 12.3. The summed E-state index contributed by atoms with van der Waals surface area (Å²) in [5, 5.41) is 0. The van der Waals surface area contributed by atoms with Crippen LogP contribution in [-0.2, 0) is 13.6 Å². The zero-order chi connectivity index (χ0) is 15.3. The van der Waals surface area contributed by atoms with Crippen LogP contribution < -0.4 is 16.7 Å². The average molecular weight is 309 g/mol. The number of hydrogen-bond donors (Lipinski definition) is 2. The summed E-state index contributed by atoms with van der Waals surface area (Å²) in [6.07, 6.45) is 3.44. The number of rotatable bonds is 6. The van der Waals surface area contributed by atoms with Gasteiger partial charge in [0.05, 0.1) is 0 Å². The molecule has 1 heterocycles. The van der Waals surface area contributed by atoms with Gasteiger partial charge in [0.15, 0.2) is 0 Å². The zero-order valence-electron chi connectivity index (χ0n) is 11.6. The van der Waals surface area contributed by atoms with Gasteiger partial charge in [-0.05, 0) is 11.6 Å². The predicted molar refractivity (Wildman–Crippen MR) is 80.9 cm³/mol. The van der Waals surface area contributed by atoms with Crippen LogP contribution in [0.15, 0.2) is 34.7 Å². The predicted octanol–water partition coefficient (Wildman–Crippen LogP) is 2.24. The van der Waals surface area contributed by atoms with Gasteiger partial charge < -0.3 is 13.5 Å². The average Bonchev–Trinajstić information content (AvgIpc) is 2.97. The third-order valence-corrected chi connectivity index (χ3v) is 4.50. The minimum absolute atomic E-state index is 0.00251. The van der Waals surface area contributed by atoms with Gasteiger partial charge in [0.1, 0.15) is 0 Å². The highest BCUT2D eigenvalue weighted by Gasteiger charge is 2.33. The molecule has 0 fully saturated rings. The standard InChI is InChI=1S/C13H16N3O4P/c1-18-21(17,19-2)13-12(16-14)20-11(15-13)9-8-10-6-4-3-5-7-10/h3-9,16H,14H2,1-2H3. The van der Waals surface area contributed by atoms with Crippen molar-refractivity contribution in [3.05, 3.63) is 41.8 Å². The summed E-state index contributed by atoms with van der Waals surface area (Å²) < 4.78 is 27.5. The normalized spacial score (nSPS) is 12.0. The van der Waals surface area contributed by atoms with E-state index in [-0.39, 0.29) is 17.2 Å². The first-order valence-electron chi connectivity index (χ1n) is 6.05. The number of anilines is 1. The van der Waals surface area contributed by atoms with Gasteiger partial charge in [-0.3, -0.25) is 9.99 Å². The van der Waals surface area contributed by atoms with Crippen LogP contribution >= 0.6 is 7.60 Å². The van der Waals surface area contributed by atoms with E-state index in [0.717, 1.165) is 5.56 Å². The molecule has 2 aromatic rings. The maximum atomic E-state index is 12.3. The Hall–Kier alpha value is -1.92. The number of aromatic nitrogens is 1. The Bertz CT molecular complexity index is 661. The van der Waals surface area contributed by atoms with Gasteiger partial charge in [-0.25, -0.2) is 5.84 Å². The highest BCUT2D eigenvalue weighted by Crippen LogP contribution is 2.46. The molecule has 0 unspecified atom stereocenters. The first kappa shape index (κ1) is 15.5.